The van der Waals surface area contributed by atoms with Crippen LogP contribution in [0, 0.1) is 5.41 Å². The Balaban J connectivity index is 1.56. The van der Waals surface area contributed by atoms with Gasteiger partial charge in [0.1, 0.15) is 17.2 Å². The number of carbonyl (C=O) groups excluding carboxylic acids is 1. The Labute approximate surface area is 173 Å². The molecule has 5 rings (SSSR count). The number of amides is 1. The van der Waals surface area contributed by atoms with Gasteiger partial charge in [0.2, 0.25) is 0 Å². The zero-order valence-corrected chi connectivity index (χ0v) is 17.5. The molecule has 0 saturated carbocycles. The first-order valence-corrected chi connectivity index (χ1v) is 10.5. The van der Waals surface area contributed by atoms with Crippen molar-refractivity contribution in [2.24, 2.45) is 12.5 Å². The minimum Gasteiger partial charge on any atom is -0.490 e. The van der Waals surface area contributed by atoms with Crippen molar-refractivity contribution in [3.05, 3.63) is 41.2 Å². The zero-order chi connectivity index (χ0) is 20.2. The minimum atomic E-state index is -0.0214. The van der Waals surface area contributed by atoms with Crippen LogP contribution in [0.4, 0.5) is 10.8 Å². The van der Waals surface area contributed by atoms with Gasteiger partial charge in [-0.1, -0.05) is 31.3 Å². The van der Waals surface area contributed by atoms with E-state index in [2.05, 4.69) is 35.2 Å². The second-order valence-corrected chi connectivity index (χ2v) is 9.36. The smallest absolute Gasteiger partial charge is 0.263 e. The van der Waals surface area contributed by atoms with Crippen molar-refractivity contribution < 1.29 is 9.53 Å². The molecule has 3 aromatic rings. The van der Waals surface area contributed by atoms with E-state index in [9.17, 15) is 4.79 Å². The fourth-order valence-corrected chi connectivity index (χ4v) is 4.87. The summed E-state index contributed by atoms with van der Waals surface area (Å²) in [6.07, 6.45) is 4.63. The molecule has 0 bridgehead atoms. The van der Waals surface area contributed by atoms with E-state index in [4.69, 9.17) is 9.72 Å². The van der Waals surface area contributed by atoms with Gasteiger partial charge < -0.3 is 15.0 Å². The maximum absolute atomic E-state index is 12.6. The predicted octanol–water partition coefficient (Wildman–Crippen LogP) is 3.39. The van der Waals surface area contributed by atoms with Gasteiger partial charge in [0.05, 0.1) is 24.1 Å². The largest absolute Gasteiger partial charge is 0.490 e. The number of hydrogen-bond acceptors (Lipinski definition) is 6. The van der Waals surface area contributed by atoms with Crippen molar-refractivity contribution in [3.63, 3.8) is 0 Å². The zero-order valence-electron chi connectivity index (χ0n) is 16.7. The molecule has 0 radical (unpaired) electrons. The van der Waals surface area contributed by atoms with Crippen molar-refractivity contribution in [1.82, 2.24) is 20.1 Å². The number of aromatic nitrogens is 3. The lowest BCUT2D eigenvalue weighted by Crippen LogP contribution is -2.32. The van der Waals surface area contributed by atoms with Gasteiger partial charge in [0, 0.05) is 25.4 Å². The molecule has 0 atom stereocenters. The third-order valence-corrected chi connectivity index (χ3v) is 6.48. The number of aryl methyl sites for hydroxylation is 1. The summed E-state index contributed by atoms with van der Waals surface area (Å²) >= 11 is 1.46. The number of thiazole rings is 1. The number of nitrogens with one attached hydrogen (secondary N) is 1. The van der Waals surface area contributed by atoms with Gasteiger partial charge >= 0.3 is 0 Å². The van der Waals surface area contributed by atoms with Crippen molar-refractivity contribution in [3.8, 4) is 16.9 Å². The number of rotatable bonds is 2. The van der Waals surface area contributed by atoms with Gasteiger partial charge in [-0.15, -0.1) is 0 Å². The van der Waals surface area contributed by atoms with E-state index in [-0.39, 0.29) is 11.3 Å². The Morgan fingerprint density at radius 2 is 2.14 bits per heavy atom. The number of anilines is 2. The van der Waals surface area contributed by atoms with Gasteiger partial charge in [-0.05, 0) is 29.5 Å². The van der Waals surface area contributed by atoms with E-state index in [0.29, 0.717) is 19.7 Å². The standard InChI is InChI=1S/C21H23N5O2S/c1-21(2)9-15-18(19(27)22-12-21)29-20(24-15)26-6-7-28-17-5-4-13(8-16(17)26)14-10-23-25(3)11-14/h4-5,8,10-11H,6-7,9,12H2,1-3H3,(H,22,27). The fourth-order valence-electron chi connectivity index (χ4n) is 3.83. The molecule has 2 aliphatic heterocycles. The second-order valence-electron chi connectivity index (χ2n) is 8.38. The first-order chi connectivity index (χ1) is 13.9. The molecule has 8 heteroatoms. The van der Waals surface area contributed by atoms with Crippen LogP contribution in [0.1, 0.15) is 29.2 Å². The van der Waals surface area contributed by atoms with Gasteiger partial charge in [0.15, 0.2) is 5.13 Å². The van der Waals surface area contributed by atoms with Crippen molar-refractivity contribution >= 4 is 28.1 Å². The maximum atomic E-state index is 12.6. The first kappa shape index (κ1) is 18.2. The number of benzene rings is 1. The summed E-state index contributed by atoms with van der Waals surface area (Å²) in [5.74, 6) is 0.811. The summed E-state index contributed by atoms with van der Waals surface area (Å²) < 4.78 is 7.68. The number of ether oxygens (including phenoxy) is 1. The van der Waals surface area contributed by atoms with Crippen molar-refractivity contribution in [1.29, 1.82) is 0 Å². The Kier molecular flexibility index (Phi) is 4.13. The van der Waals surface area contributed by atoms with Crippen LogP contribution in [-0.2, 0) is 13.5 Å². The molecule has 0 aliphatic carbocycles. The van der Waals surface area contributed by atoms with Gasteiger partial charge in [0.25, 0.3) is 5.91 Å². The van der Waals surface area contributed by atoms with Crippen molar-refractivity contribution in [2.45, 2.75) is 20.3 Å². The van der Waals surface area contributed by atoms with Crippen LogP contribution in [0.2, 0.25) is 0 Å². The molecular formula is C21H23N5O2S. The summed E-state index contributed by atoms with van der Waals surface area (Å²) in [6, 6.07) is 6.16. The summed E-state index contributed by atoms with van der Waals surface area (Å²) in [5, 5.41) is 8.16. The summed E-state index contributed by atoms with van der Waals surface area (Å²) in [7, 11) is 1.91. The average Bonchev–Trinajstić information content (AvgIpc) is 3.29. The van der Waals surface area contributed by atoms with E-state index in [1.54, 1.807) is 4.68 Å². The summed E-state index contributed by atoms with van der Waals surface area (Å²) in [4.78, 5) is 20.4. The van der Waals surface area contributed by atoms with Gasteiger partial charge in [-0.25, -0.2) is 4.98 Å². The number of nitrogens with zero attached hydrogens (tertiary/aromatic N) is 4. The SMILES string of the molecule is Cn1cc(-c2ccc3c(c2)N(c2nc4c(s2)C(=O)NCC(C)(C)C4)CCO3)cn1. The molecule has 0 spiro atoms. The van der Waals surface area contributed by atoms with E-state index in [1.165, 1.54) is 11.3 Å². The monoisotopic (exact) mass is 409 g/mol. The molecule has 0 saturated heterocycles. The highest BCUT2D eigenvalue weighted by Crippen LogP contribution is 2.42. The quantitative estimate of drug-likeness (QED) is 0.702. The second kappa shape index (κ2) is 6.59. The van der Waals surface area contributed by atoms with E-state index in [1.807, 2.05) is 31.6 Å². The molecular weight excluding hydrogens is 386 g/mol. The topological polar surface area (TPSA) is 72.3 Å². The van der Waals surface area contributed by atoms with Crippen LogP contribution in [0.5, 0.6) is 5.75 Å². The highest BCUT2D eigenvalue weighted by molar-refractivity contribution is 7.17. The Morgan fingerprint density at radius 3 is 2.93 bits per heavy atom. The molecule has 29 heavy (non-hydrogen) atoms. The van der Waals surface area contributed by atoms with Crippen LogP contribution in [-0.4, -0.2) is 40.4 Å². The van der Waals surface area contributed by atoms with Crippen LogP contribution in [0.15, 0.2) is 30.6 Å². The Bertz CT molecular complexity index is 1100. The number of carbonyl (C=O) groups is 1. The van der Waals surface area contributed by atoms with Crippen LogP contribution in [0.3, 0.4) is 0 Å². The molecule has 0 unspecified atom stereocenters. The Morgan fingerprint density at radius 1 is 1.28 bits per heavy atom. The van der Waals surface area contributed by atoms with Gasteiger partial charge in [-0.2, -0.15) is 5.10 Å². The first-order valence-electron chi connectivity index (χ1n) is 9.71. The molecule has 2 aliphatic rings. The average molecular weight is 410 g/mol. The molecule has 7 nitrogen and oxygen atoms in total. The normalized spacial score (nSPS) is 17.8. The lowest BCUT2D eigenvalue weighted by atomic mass is 9.88. The molecule has 1 aromatic carbocycles. The molecule has 2 aromatic heterocycles. The lowest BCUT2D eigenvalue weighted by molar-refractivity contribution is 0.0948. The Hall–Kier alpha value is -2.87. The maximum Gasteiger partial charge on any atom is 0.263 e. The fraction of sp³-hybridized carbons (Fsp3) is 0.381. The molecule has 0 fully saturated rings. The van der Waals surface area contributed by atoms with Crippen LogP contribution in [0.25, 0.3) is 11.1 Å². The number of fused-ring (bicyclic) bond motifs is 2. The molecule has 150 valence electrons. The predicted molar refractivity (Wildman–Crippen MR) is 113 cm³/mol. The van der Waals surface area contributed by atoms with Gasteiger partial charge in [-0.3, -0.25) is 9.48 Å². The van der Waals surface area contributed by atoms with Crippen LogP contribution < -0.4 is 15.0 Å². The van der Waals surface area contributed by atoms with E-state index >= 15 is 0 Å². The van der Waals surface area contributed by atoms with E-state index in [0.717, 1.165) is 44.7 Å². The highest BCUT2D eigenvalue weighted by atomic mass is 32.1. The summed E-state index contributed by atoms with van der Waals surface area (Å²) in [5.41, 5.74) is 3.98. The lowest BCUT2D eigenvalue weighted by Gasteiger charge is -2.29. The van der Waals surface area contributed by atoms with E-state index < -0.39 is 0 Å². The highest BCUT2D eigenvalue weighted by Gasteiger charge is 2.32. The molecule has 1 amide bonds. The van der Waals surface area contributed by atoms with Crippen molar-refractivity contribution in [2.75, 3.05) is 24.6 Å². The third kappa shape index (κ3) is 3.27. The van der Waals surface area contributed by atoms with Crippen LogP contribution >= 0.6 is 11.3 Å². The summed E-state index contributed by atoms with van der Waals surface area (Å²) in [6.45, 7) is 6.26. The molecule has 4 heterocycles. The minimum absolute atomic E-state index is 0.0113. The number of hydrogen-bond donors (Lipinski definition) is 1. The molecule has 1 N–H and O–H groups in total. The third-order valence-electron chi connectivity index (χ3n) is 5.36.